The molecule has 102 valence electrons. The Morgan fingerprint density at radius 3 is 2.89 bits per heavy atom. The molecule has 0 amide bonds. The standard InChI is InChI=1S/C15H19BrN2S/c1-4-7-17-11(3)14-9-19-15(18-14)12-6-5-10(2)8-13(12)16/h5-6,8-9,11,17H,4,7H2,1-3H3. The summed E-state index contributed by atoms with van der Waals surface area (Å²) in [7, 11) is 0. The number of hydrogen-bond acceptors (Lipinski definition) is 3. The van der Waals surface area contributed by atoms with Crippen molar-refractivity contribution in [2.24, 2.45) is 0 Å². The first kappa shape index (κ1) is 14.7. The minimum Gasteiger partial charge on any atom is -0.309 e. The number of aryl methyl sites for hydroxylation is 1. The van der Waals surface area contributed by atoms with Crippen molar-refractivity contribution in [2.75, 3.05) is 6.54 Å². The normalized spacial score (nSPS) is 12.6. The van der Waals surface area contributed by atoms with E-state index in [0.29, 0.717) is 6.04 Å². The van der Waals surface area contributed by atoms with Crippen LogP contribution in [0.2, 0.25) is 0 Å². The minimum absolute atomic E-state index is 0.314. The molecule has 0 saturated carbocycles. The van der Waals surface area contributed by atoms with E-state index in [4.69, 9.17) is 4.98 Å². The van der Waals surface area contributed by atoms with Crippen molar-refractivity contribution in [1.29, 1.82) is 0 Å². The van der Waals surface area contributed by atoms with Gasteiger partial charge in [-0.15, -0.1) is 11.3 Å². The molecule has 1 atom stereocenters. The first-order valence-corrected chi connectivity index (χ1v) is 8.24. The molecule has 2 aromatic rings. The first-order chi connectivity index (χ1) is 9.11. The van der Waals surface area contributed by atoms with Crippen molar-refractivity contribution in [3.05, 3.63) is 39.3 Å². The van der Waals surface area contributed by atoms with Crippen molar-refractivity contribution in [3.8, 4) is 10.6 Å². The molecule has 0 aliphatic carbocycles. The second-order valence-corrected chi connectivity index (χ2v) is 6.45. The van der Waals surface area contributed by atoms with E-state index >= 15 is 0 Å². The zero-order valence-corrected chi connectivity index (χ0v) is 13.9. The van der Waals surface area contributed by atoms with Crippen molar-refractivity contribution in [1.82, 2.24) is 10.3 Å². The molecule has 0 aliphatic rings. The summed E-state index contributed by atoms with van der Waals surface area (Å²) >= 11 is 5.33. The molecule has 4 heteroatoms. The molecule has 0 radical (unpaired) electrons. The highest BCUT2D eigenvalue weighted by atomic mass is 79.9. The molecule has 19 heavy (non-hydrogen) atoms. The lowest BCUT2D eigenvalue weighted by molar-refractivity contribution is 0.561. The Labute approximate surface area is 127 Å². The highest BCUT2D eigenvalue weighted by Gasteiger charge is 2.12. The fraction of sp³-hybridized carbons (Fsp3) is 0.400. The van der Waals surface area contributed by atoms with Crippen LogP contribution >= 0.6 is 27.3 Å². The number of rotatable bonds is 5. The molecular formula is C15H19BrN2S. The SMILES string of the molecule is CCCNC(C)c1csc(-c2ccc(C)cc2Br)n1. The van der Waals surface area contributed by atoms with Crippen LogP contribution in [0.5, 0.6) is 0 Å². The summed E-state index contributed by atoms with van der Waals surface area (Å²) < 4.78 is 1.11. The minimum atomic E-state index is 0.314. The van der Waals surface area contributed by atoms with Crippen LogP contribution in [0, 0.1) is 6.92 Å². The Morgan fingerprint density at radius 1 is 1.42 bits per heavy atom. The monoisotopic (exact) mass is 338 g/mol. The first-order valence-electron chi connectivity index (χ1n) is 6.57. The second-order valence-electron chi connectivity index (χ2n) is 4.74. The molecule has 0 saturated heterocycles. The molecule has 1 heterocycles. The Morgan fingerprint density at radius 2 is 2.21 bits per heavy atom. The van der Waals surface area contributed by atoms with Gasteiger partial charge >= 0.3 is 0 Å². The maximum absolute atomic E-state index is 4.75. The molecule has 2 nitrogen and oxygen atoms in total. The summed E-state index contributed by atoms with van der Waals surface area (Å²) in [6.07, 6.45) is 1.14. The van der Waals surface area contributed by atoms with Crippen LogP contribution in [-0.4, -0.2) is 11.5 Å². The van der Waals surface area contributed by atoms with Gasteiger partial charge in [0.2, 0.25) is 0 Å². The molecular weight excluding hydrogens is 320 g/mol. The van der Waals surface area contributed by atoms with Crippen LogP contribution < -0.4 is 5.32 Å². The van der Waals surface area contributed by atoms with Crippen LogP contribution in [-0.2, 0) is 0 Å². The molecule has 0 spiro atoms. The van der Waals surface area contributed by atoms with E-state index in [9.17, 15) is 0 Å². The maximum Gasteiger partial charge on any atom is 0.124 e. The van der Waals surface area contributed by atoms with E-state index < -0.39 is 0 Å². The average molecular weight is 339 g/mol. The van der Waals surface area contributed by atoms with E-state index in [0.717, 1.165) is 28.1 Å². The van der Waals surface area contributed by atoms with Gasteiger partial charge in [-0.25, -0.2) is 4.98 Å². The van der Waals surface area contributed by atoms with Crippen molar-refractivity contribution < 1.29 is 0 Å². The maximum atomic E-state index is 4.75. The number of thiazole rings is 1. The summed E-state index contributed by atoms with van der Waals surface area (Å²) in [6.45, 7) is 7.47. The smallest absolute Gasteiger partial charge is 0.124 e. The van der Waals surface area contributed by atoms with Crippen LogP contribution in [0.3, 0.4) is 0 Å². The Bertz CT molecular complexity index is 551. The van der Waals surface area contributed by atoms with E-state index in [1.54, 1.807) is 11.3 Å². The zero-order valence-electron chi connectivity index (χ0n) is 11.5. The predicted octanol–water partition coefficient (Wildman–Crippen LogP) is 4.94. The van der Waals surface area contributed by atoms with Gasteiger partial charge in [0.25, 0.3) is 0 Å². The molecule has 1 N–H and O–H groups in total. The van der Waals surface area contributed by atoms with Crippen LogP contribution in [0.15, 0.2) is 28.1 Å². The molecule has 0 aliphatic heterocycles. The summed E-state index contributed by atoms with van der Waals surface area (Å²) in [5.74, 6) is 0. The summed E-state index contributed by atoms with van der Waals surface area (Å²) in [5.41, 5.74) is 3.55. The van der Waals surface area contributed by atoms with E-state index in [-0.39, 0.29) is 0 Å². The largest absolute Gasteiger partial charge is 0.309 e. The van der Waals surface area contributed by atoms with E-state index in [1.807, 2.05) is 0 Å². The third kappa shape index (κ3) is 3.65. The predicted molar refractivity (Wildman–Crippen MR) is 86.7 cm³/mol. The lowest BCUT2D eigenvalue weighted by Crippen LogP contribution is -2.19. The Balaban J connectivity index is 2.20. The molecule has 1 unspecified atom stereocenters. The molecule has 1 aromatic heterocycles. The molecule has 0 fully saturated rings. The van der Waals surface area contributed by atoms with E-state index in [2.05, 4.69) is 65.6 Å². The van der Waals surface area contributed by atoms with Crippen molar-refractivity contribution in [3.63, 3.8) is 0 Å². The number of aromatic nitrogens is 1. The van der Waals surface area contributed by atoms with Gasteiger partial charge in [-0.3, -0.25) is 0 Å². The van der Waals surface area contributed by atoms with Gasteiger partial charge in [0, 0.05) is 21.5 Å². The van der Waals surface area contributed by atoms with Gasteiger partial charge < -0.3 is 5.32 Å². The molecule has 2 rings (SSSR count). The van der Waals surface area contributed by atoms with Gasteiger partial charge in [-0.05, 0) is 38.4 Å². The number of nitrogens with zero attached hydrogens (tertiary/aromatic N) is 1. The highest BCUT2D eigenvalue weighted by Crippen LogP contribution is 2.32. The highest BCUT2D eigenvalue weighted by molar-refractivity contribution is 9.10. The third-order valence-electron chi connectivity index (χ3n) is 3.02. The fourth-order valence-electron chi connectivity index (χ4n) is 1.87. The average Bonchev–Trinajstić information content (AvgIpc) is 2.85. The molecule has 0 bridgehead atoms. The Hall–Kier alpha value is -0.710. The van der Waals surface area contributed by atoms with Gasteiger partial charge in [-0.2, -0.15) is 0 Å². The fourth-order valence-corrected chi connectivity index (χ4v) is 3.63. The third-order valence-corrected chi connectivity index (χ3v) is 4.57. The number of hydrogen-bond donors (Lipinski definition) is 1. The quantitative estimate of drug-likeness (QED) is 0.834. The van der Waals surface area contributed by atoms with E-state index in [1.165, 1.54) is 11.1 Å². The second kappa shape index (κ2) is 6.64. The summed E-state index contributed by atoms with van der Waals surface area (Å²) in [6, 6.07) is 6.70. The topological polar surface area (TPSA) is 24.9 Å². The van der Waals surface area contributed by atoms with Crippen LogP contribution in [0.4, 0.5) is 0 Å². The van der Waals surface area contributed by atoms with Gasteiger partial charge in [-0.1, -0.05) is 35.0 Å². The summed E-state index contributed by atoms with van der Waals surface area (Å²) in [5, 5.41) is 6.69. The van der Waals surface area contributed by atoms with Crippen molar-refractivity contribution >= 4 is 27.3 Å². The van der Waals surface area contributed by atoms with Crippen molar-refractivity contribution in [2.45, 2.75) is 33.2 Å². The number of benzene rings is 1. The Kier molecular flexibility index (Phi) is 5.13. The molecule has 1 aromatic carbocycles. The number of halogens is 1. The van der Waals surface area contributed by atoms with Gasteiger partial charge in [0.05, 0.1) is 5.69 Å². The lowest BCUT2D eigenvalue weighted by atomic mass is 10.1. The lowest BCUT2D eigenvalue weighted by Gasteiger charge is -2.09. The number of nitrogens with one attached hydrogen (secondary N) is 1. The zero-order chi connectivity index (χ0) is 13.8. The van der Waals surface area contributed by atoms with Crippen LogP contribution in [0.25, 0.3) is 10.6 Å². The van der Waals surface area contributed by atoms with Gasteiger partial charge in [0.1, 0.15) is 5.01 Å². The van der Waals surface area contributed by atoms with Crippen LogP contribution in [0.1, 0.15) is 37.6 Å². The van der Waals surface area contributed by atoms with Gasteiger partial charge in [0.15, 0.2) is 0 Å². The summed E-state index contributed by atoms with van der Waals surface area (Å²) in [4.78, 5) is 4.75.